The lowest BCUT2D eigenvalue weighted by Gasteiger charge is -2.27. The molecule has 0 aliphatic heterocycles. The van der Waals surface area contributed by atoms with Crippen LogP contribution in [0, 0.1) is 6.92 Å². The van der Waals surface area contributed by atoms with Crippen molar-refractivity contribution in [2.75, 3.05) is 13.2 Å². The van der Waals surface area contributed by atoms with Gasteiger partial charge in [-0.05, 0) is 46.1 Å². The zero-order chi connectivity index (χ0) is 12.7. The van der Waals surface area contributed by atoms with Gasteiger partial charge in [0.05, 0.1) is 5.54 Å². The summed E-state index contributed by atoms with van der Waals surface area (Å²) in [5.41, 5.74) is 1.10. The Morgan fingerprint density at radius 2 is 2.18 bits per heavy atom. The Balaban J connectivity index is 2.46. The minimum absolute atomic E-state index is 0.00184. The zero-order valence-electron chi connectivity index (χ0n) is 11.1. The smallest absolute Gasteiger partial charge is 0.113 e. The molecule has 1 aromatic rings. The number of thiazole rings is 1. The standard InChI is InChI=1S/C13H24N2OS/c1-4-13(3,12-15-11(2)10-17-12)14-8-6-5-7-9-16/h10,14,16H,4-9H2,1-3H3. The molecule has 0 saturated carbocycles. The Kier molecular flexibility index (Phi) is 6.09. The van der Waals surface area contributed by atoms with Crippen molar-refractivity contribution in [3.8, 4) is 0 Å². The van der Waals surface area contributed by atoms with Crippen LogP contribution >= 0.6 is 11.3 Å². The van der Waals surface area contributed by atoms with Gasteiger partial charge in [0.25, 0.3) is 0 Å². The minimum atomic E-state index is -0.00184. The third-order valence-corrected chi connectivity index (χ3v) is 4.37. The van der Waals surface area contributed by atoms with E-state index in [1.807, 2.05) is 6.92 Å². The van der Waals surface area contributed by atoms with Crippen molar-refractivity contribution in [1.29, 1.82) is 0 Å². The molecule has 0 aromatic carbocycles. The molecule has 2 N–H and O–H groups in total. The first kappa shape index (κ1) is 14.6. The maximum atomic E-state index is 8.72. The van der Waals surface area contributed by atoms with Crippen LogP contribution in [0.15, 0.2) is 5.38 Å². The van der Waals surface area contributed by atoms with Crippen molar-refractivity contribution < 1.29 is 5.11 Å². The van der Waals surface area contributed by atoms with Crippen molar-refractivity contribution in [3.63, 3.8) is 0 Å². The van der Waals surface area contributed by atoms with Crippen LogP contribution in [-0.2, 0) is 5.54 Å². The van der Waals surface area contributed by atoms with Gasteiger partial charge in [-0.1, -0.05) is 6.92 Å². The van der Waals surface area contributed by atoms with Crippen molar-refractivity contribution in [1.82, 2.24) is 10.3 Å². The van der Waals surface area contributed by atoms with Crippen molar-refractivity contribution in [3.05, 3.63) is 16.1 Å². The lowest BCUT2D eigenvalue weighted by Crippen LogP contribution is -2.39. The predicted molar refractivity (Wildman–Crippen MR) is 73.4 cm³/mol. The third-order valence-electron chi connectivity index (χ3n) is 3.15. The lowest BCUT2D eigenvalue weighted by atomic mass is 9.99. The monoisotopic (exact) mass is 256 g/mol. The second kappa shape index (κ2) is 7.09. The Morgan fingerprint density at radius 3 is 2.71 bits per heavy atom. The van der Waals surface area contributed by atoms with Crippen LogP contribution in [0.4, 0.5) is 0 Å². The molecule has 0 bridgehead atoms. The SMILES string of the molecule is CCC(C)(NCCCCCO)c1nc(C)cs1. The summed E-state index contributed by atoms with van der Waals surface area (Å²) in [7, 11) is 0. The highest BCUT2D eigenvalue weighted by Crippen LogP contribution is 2.27. The topological polar surface area (TPSA) is 45.1 Å². The number of nitrogens with zero attached hydrogens (tertiary/aromatic N) is 1. The van der Waals surface area contributed by atoms with Gasteiger partial charge in [0.1, 0.15) is 5.01 Å². The van der Waals surface area contributed by atoms with E-state index in [0.717, 1.165) is 37.9 Å². The maximum Gasteiger partial charge on any atom is 0.113 e. The lowest BCUT2D eigenvalue weighted by molar-refractivity contribution is 0.279. The molecule has 1 unspecified atom stereocenters. The summed E-state index contributed by atoms with van der Waals surface area (Å²) in [5, 5.41) is 15.6. The van der Waals surface area contributed by atoms with Gasteiger partial charge >= 0.3 is 0 Å². The number of aromatic nitrogens is 1. The van der Waals surface area contributed by atoms with Gasteiger partial charge in [-0.3, -0.25) is 0 Å². The van der Waals surface area contributed by atoms with Crippen molar-refractivity contribution >= 4 is 11.3 Å². The van der Waals surface area contributed by atoms with Crippen LogP contribution in [0.5, 0.6) is 0 Å². The molecular formula is C13H24N2OS. The number of unbranched alkanes of at least 4 members (excludes halogenated alkanes) is 2. The normalized spacial score (nSPS) is 14.8. The summed E-state index contributed by atoms with van der Waals surface area (Å²) in [6.45, 7) is 7.74. The average molecular weight is 256 g/mol. The quantitative estimate of drug-likeness (QED) is 0.703. The number of aryl methyl sites for hydroxylation is 1. The van der Waals surface area contributed by atoms with E-state index in [9.17, 15) is 0 Å². The number of hydrogen-bond acceptors (Lipinski definition) is 4. The Labute approximate surface area is 108 Å². The number of hydrogen-bond donors (Lipinski definition) is 2. The fourth-order valence-corrected chi connectivity index (χ4v) is 2.75. The molecule has 0 saturated heterocycles. The largest absolute Gasteiger partial charge is 0.396 e. The third kappa shape index (κ3) is 4.37. The molecular weight excluding hydrogens is 232 g/mol. The van der Waals surface area contributed by atoms with E-state index in [2.05, 4.69) is 29.5 Å². The van der Waals surface area contributed by atoms with Gasteiger partial charge in [-0.15, -0.1) is 11.3 Å². The van der Waals surface area contributed by atoms with Gasteiger partial charge < -0.3 is 10.4 Å². The second-order valence-electron chi connectivity index (χ2n) is 4.69. The van der Waals surface area contributed by atoms with E-state index in [1.54, 1.807) is 11.3 Å². The maximum absolute atomic E-state index is 8.72. The summed E-state index contributed by atoms with van der Waals surface area (Å²) in [4.78, 5) is 4.58. The van der Waals surface area contributed by atoms with Gasteiger partial charge in [-0.2, -0.15) is 0 Å². The first-order chi connectivity index (χ1) is 8.12. The van der Waals surface area contributed by atoms with Crippen LogP contribution in [-0.4, -0.2) is 23.2 Å². The van der Waals surface area contributed by atoms with Crippen molar-refractivity contribution in [2.24, 2.45) is 0 Å². The van der Waals surface area contributed by atoms with Crippen LogP contribution in [0.1, 0.15) is 50.2 Å². The molecule has 1 rings (SSSR count). The molecule has 1 atom stereocenters. The van der Waals surface area contributed by atoms with Crippen molar-refractivity contribution in [2.45, 2.75) is 52.0 Å². The molecule has 0 aliphatic carbocycles. The Bertz CT molecular complexity index is 327. The van der Waals surface area contributed by atoms with E-state index in [4.69, 9.17) is 5.11 Å². The predicted octanol–water partition coefficient (Wildman–Crippen LogP) is 2.83. The molecule has 98 valence electrons. The highest BCUT2D eigenvalue weighted by atomic mass is 32.1. The number of nitrogens with one attached hydrogen (secondary N) is 1. The average Bonchev–Trinajstić information content (AvgIpc) is 2.76. The molecule has 0 radical (unpaired) electrons. The fourth-order valence-electron chi connectivity index (χ4n) is 1.74. The fraction of sp³-hybridized carbons (Fsp3) is 0.769. The molecule has 0 amide bonds. The number of aliphatic hydroxyl groups excluding tert-OH is 1. The number of aliphatic hydroxyl groups is 1. The van der Waals surface area contributed by atoms with E-state index < -0.39 is 0 Å². The first-order valence-electron chi connectivity index (χ1n) is 6.41. The van der Waals surface area contributed by atoms with Gasteiger partial charge in [0, 0.05) is 17.7 Å². The Hall–Kier alpha value is -0.450. The van der Waals surface area contributed by atoms with Crippen LogP contribution in [0.2, 0.25) is 0 Å². The highest BCUT2D eigenvalue weighted by molar-refractivity contribution is 7.09. The highest BCUT2D eigenvalue weighted by Gasteiger charge is 2.26. The van der Waals surface area contributed by atoms with E-state index in [-0.39, 0.29) is 5.54 Å². The molecule has 17 heavy (non-hydrogen) atoms. The van der Waals surface area contributed by atoms with Gasteiger partial charge in [0.15, 0.2) is 0 Å². The molecule has 3 nitrogen and oxygen atoms in total. The first-order valence-corrected chi connectivity index (χ1v) is 7.29. The summed E-state index contributed by atoms with van der Waals surface area (Å²) >= 11 is 1.74. The van der Waals surface area contributed by atoms with Crippen LogP contribution < -0.4 is 5.32 Å². The minimum Gasteiger partial charge on any atom is -0.396 e. The molecule has 1 aromatic heterocycles. The molecule has 1 heterocycles. The van der Waals surface area contributed by atoms with E-state index >= 15 is 0 Å². The second-order valence-corrected chi connectivity index (χ2v) is 5.55. The van der Waals surface area contributed by atoms with Crippen LogP contribution in [0.3, 0.4) is 0 Å². The molecule has 4 heteroatoms. The summed E-state index contributed by atoms with van der Waals surface area (Å²) < 4.78 is 0. The zero-order valence-corrected chi connectivity index (χ0v) is 11.9. The van der Waals surface area contributed by atoms with Gasteiger partial charge in [-0.25, -0.2) is 4.98 Å². The van der Waals surface area contributed by atoms with E-state index in [0.29, 0.717) is 6.61 Å². The molecule has 0 aliphatic rings. The summed E-state index contributed by atoms with van der Waals surface area (Å²) in [6, 6.07) is 0. The number of rotatable bonds is 8. The van der Waals surface area contributed by atoms with Crippen LogP contribution in [0.25, 0.3) is 0 Å². The summed E-state index contributed by atoms with van der Waals surface area (Å²) in [5.74, 6) is 0. The van der Waals surface area contributed by atoms with Gasteiger partial charge in [0.2, 0.25) is 0 Å². The summed E-state index contributed by atoms with van der Waals surface area (Å²) in [6.07, 6.45) is 4.14. The molecule has 0 spiro atoms. The van der Waals surface area contributed by atoms with E-state index in [1.165, 1.54) is 5.01 Å². The Morgan fingerprint density at radius 1 is 1.41 bits per heavy atom. The molecule has 0 fully saturated rings.